The van der Waals surface area contributed by atoms with Gasteiger partial charge in [0.25, 0.3) is 5.91 Å². The Morgan fingerprint density at radius 3 is 2.63 bits per heavy atom. The molecule has 10 heteroatoms. The zero-order valence-corrected chi connectivity index (χ0v) is 17.1. The van der Waals surface area contributed by atoms with Gasteiger partial charge in [-0.2, -0.15) is 13.2 Å². The number of halogens is 5. The highest BCUT2D eigenvalue weighted by Gasteiger charge is 2.30. The molecule has 1 fully saturated rings. The molecule has 1 aromatic carbocycles. The Balaban J connectivity index is 1.92. The normalized spacial score (nSPS) is 17.0. The van der Waals surface area contributed by atoms with Crippen LogP contribution in [0.1, 0.15) is 36.0 Å². The molecule has 1 saturated carbocycles. The standard InChI is InChI=1S/C20H17Cl2F3N2O3/c21-14-6-5-11(8-15(14)22)13-7-12(9-26-19(13)30-10-20(23,24)25)18(29)27-16-3-1-2-4-17(16)28/h5-9,16H,1-4,10H2,(H,27,29)/t16-/m1/s1. The molecule has 0 saturated heterocycles. The molecule has 1 aromatic heterocycles. The highest BCUT2D eigenvalue weighted by atomic mass is 35.5. The van der Waals surface area contributed by atoms with Crippen LogP contribution < -0.4 is 10.1 Å². The summed E-state index contributed by atoms with van der Waals surface area (Å²) in [5, 5.41) is 3.10. The number of pyridine rings is 1. The summed E-state index contributed by atoms with van der Waals surface area (Å²) in [4.78, 5) is 28.5. The molecule has 0 bridgehead atoms. The molecule has 5 nitrogen and oxygen atoms in total. The lowest BCUT2D eigenvalue weighted by Gasteiger charge is -2.21. The summed E-state index contributed by atoms with van der Waals surface area (Å²) in [6.45, 7) is -1.55. The highest BCUT2D eigenvalue weighted by Crippen LogP contribution is 2.34. The predicted molar refractivity (Wildman–Crippen MR) is 106 cm³/mol. The number of ketones is 1. The molecule has 0 spiro atoms. The van der Waals surface area contributed by atoms with E-state index in [1.807, 2.05) is 0 Å². The number of nitrogens with one attached hydrogen (secondary N) is 1. The topological polar surface area (TPSA) is 68.3 Å². The molecular weight excluding hydrogens is 444 g/mol. The van der Waals surface area contributed by atoms with E-state index in [0.29, 0.717) is 18.4 Å². The van der Waals surface area contributed by atoms with Crippen molar-refractivity contribution in [1.29, 1.82) is 0 Å². The van der Waals surface area contributed by atoms with Crippen molar-refractivity contribution in [3.05, 3.63) is 46.1 Å². The smallest absolute Gasteiger partial charge is 0.422 e. The molecule has 1 atom stereocenters. The first-order chi connectivity index (χ1) is 14.1. The third-order valence-corrected chi connectivity index (χ3v) is 5.32. The first-order valence-electron chi connectivity index (χ1n) is 9.12. The fourth-order valence-electron chi connectivity index (χ4n) is 3.09. The Bertz CT molecular complexity index is 967. The molecule has 1 aliphatic carbocycles. The van der Waals surface area contributed by atoms with E-state index in [-0.39, 0.29) is 32.8 Å². The first kappa shape index (κ1) is 22.4. The van der Waals surface area contributed by atoms with Crippen molar-refractivity contribution >= 4 is 34.9 Å². The van der Waals surface area contributed by atoms with Gasteiger partial charge in [-0.25, -0.2) is 4.98 Å². The van der Waals surface area contributed by atoms with Gasteiger partial charge in [-0.3, -0.25) is 9.59 Å². The molecule has 0 aliphatic heterocycles. The number of aromatic nitrogens is 1. The zero-order chi connectivity index (χ0) is 21.9. The van der Waals surface area contributed by atoms with E-state index in [1.54, 1.807) is 0 Å². The number of Topliss-reactive ketones (excluding diaryl/α,β-unsaturated/α-hetero) is 1. The first-order valence-corrected chi connectivity index (χ1v) is 9.88. The van der Waals surface area contributed by atoms with E-state index in [0.717, 1.165) is 19.0 Å². The minimum atomic E-state index is -4.56. The molecule has 1 heterocycles. The SMILES string of the molecule is O=C(N[C@@H]1CCCCC1=O)c1cnc(OCC(F)(F)F)c(-c2ccc(Cl)c(Cl)c2)c1. The van der Waals surface area contributed by atoms with Gasteiger partial charge in [0, 0.05) is 18.2 Å². The lowest BCUT2D eigenvalue weighted by Crippen LogP contribution is -2.42. The van der Waals surface area contributed by atoms with Gasteiger partial charge in [0.1, 0.15) is 0 Å². The van der Waals surface area contributed by atoms with Crippen LogP contribution in [-0.2, 0) is 4.79 Å². The minimum absolute atomic E-state index is 0.0441. The van der Waals surface area contributed by atoms with E-state index in [2.05, 4.69) is 10.3 Å². The van der Waals surface area contributed by atoms with Gasteiger partial charge in [-0.05, 0) is 36.6 Å². The number of ether oxygens (including phenoxy) is 1. The summed E-state index contributed by atoms with van der Waals surface area (Å²) >= 11 is 11.9. The van der Waals surface area contributed by atoms with Crippen LogP contribution in [0.5, 0.6) is 5.88 Å². The maximum atomic E-state index is 12.6. The van der Waals surface area contributed by atoms with Crippen molar-refractivity contribution in [3.63, 3.8) is 0 Å². The van der Waals surface area contributed by atoms with Gasteiger partial charge in [-0.1, -0.05) is 35.7 Å². The molecule has 30 heavy (non-hydrogen) atoms. The van der Waals surface area contributed by atoms with E-state index in [4.69, 9.17) is 27.9 Å². The molecular formula is C20H17Cl2F3N2O3. The van der Waals surface area contributed by atoms with Crippen molar-refractivity contribution in [2.24, 2.45) is 0 Å². The van der Waals surface area contributed by atoms with Gasteiger partial charge in [0.05, 0.1) is 21.7 Å². The number of hydrogen-bond acceptors (Lipinski definition) is 4. The van der Waals surface area contributed by atoms with Crippen LogP contribution >= 0.6 is 23.2 Å². The van der Waals surface area contributed by atoms with E-state index in [1.165, 1.54) is 24.3 Å². The molecule has 0 radical (unpaired) electrons. The number of hydrogen-bond donors (Lipinski definition) is 1. The largest absolute Gasteiger partial charge is 0.468 e. The van der Waals surface area contributed by atoms with Gasteiger partial charge >= 0.3 is 6.18 Å². The minimum Gasteiger partial charge on any atom is -0.468 e. The van der Waals surface area contributed by atoms with E-state index >= 15 is 0 Å². The number of benzene rings is 1. The molecule has 2 aromatic rings. The quantitative estimate of drug-likeness (QED) is 0.662. The lowest BCUT2D eigenvalue weighted by atomic mass is 9.94. The van der Waals surface area contributed by atoms with Gasteiger partial charge in [0.2, 0.25) is 5.88 Å². The Morgan fingerprint density at radius 2 is 1.97 bits per heavy atom. The predicted octanol–water partition coefficient (Wildman–Crippen LogP) is 5.24. The fourth-order valence-corrected chi connectivity index (χ4v) is 3.39. The number of carbonyl (C=O) groups excluding carboxylic acids is 2. The summed E-state index contributed by atoms with van der Waals surface area (Å²) in [7, 11) is 0. The monoisotopic (exact) mass is 460 g/mol. The average molecular weight is 461 g/mol. The van der Waals surface area contributed by atoms with Crippen molar-refractivity contribution in [1.82, 2.24) is 10.3 Å². The Labute approximate surface area is 180 Å². The summed E-state index contributed by atoms with van der Waals surface area (Å²) in [5.74, 6) is -0.903. The Kier molecular flexibility index (Phi) is 6.88. The average Bonchev–Trinajstić information content (AvgIpc) is 2.69. The second kappa shape index (κ2) is 9.22. The number of nitrogens with zero attached hydrogens (tertiary/aromatic N) is 1. The zero-order valence-electron chi connectivity index (χ0n) is 15.6. The van der Waals surface area contributed by atoms with Crippen molar-refractivity contribution in [3.8, 4) is 17.0 Å². The second-order valence-electron chi connectivity index (χ2n) is 6.85. The van der Waals surface area contributed by atoms with Crippen LogP contribution in [0.3, 0.4) is 0 Å². The van der Waals surface area contributed by atoms with Gasteiger partial charge < -0.3 is 10.1 Å². The number of carbonyl (C=O) groups is 2. The van der Waals surface area contributed by atoms with Crippen molar-refractivity contribution < 1.29 is 27.5 Å². The summed E-state index contributed by atoms with van der Waals surface area (Å²) in [5.41, 5.74) is 0.590. The number of rotatable bonds is 5. The lowest BCUT2D eigenvalue weighted by molar-refractivity contribution is -0.154. The van der Waals surface area contributed by atoms with Crippen LogP contribution in [0.2, 0.25) is 10.0 Å². The molecule has 3 rings (SSSR count). The van der Waals surface area contributed by atoms with Crippen LogP contribution in [0.25, 0.3) is 11.1 Å². The van der Waals surface area contributed by atoms with Crippen LogP contribution in [0.4, 0.5) is 13.2 Å². The Morgan fingerprint density at radius 1 is 1.20 bits per heavy atom. The summed E-state index contributed by atoms with van der Waals surface area (Å²) in [6.07, 6.45) is -0.886. The second-order valence-corrected chi connectivity index (χ2v) is 7.66. The van der Waals surface area contributed by atoms with Crippen molar-refractivity contribution in [2.45, 2.75) is 37.9 Å². The van der Waals surface area contributed by atoms with E-state index < -0.39 is 24.7 Å². The fraction of sp³-hybridized carbons (Fsp3) is 0.350. The maximum Gasteiger partial charge on any atom is 0.422 e. The number of amides is 1. The molecule has 0 unspecified atom stereocenters. The van der Waals surface area contributed by atoms with Gasteiger partial charge in [0.15, 0.2) is 12.4 Å². The van der Waals surface area contributed by atoms with Crippen LogP contribution in [-0.4, -0.2) is 35.5 Å². The molecule has 1 aliphatic rings. The third kappa shape index (κ3) is 5.64. The van der Waals surface area contributed by atoms with Gasteiger partial charge in [-0.15, -0.1) is 0 Å². The molecule has 1 N–H and O–H groups in total. The summed E-state index contributed by atoms with van der Waals surface area (Å²) in [6, 6.07) is 5.20. The maximum absolute atomic E-state index is 12.6. The molecule has 160 valence electrons. The number of alkyl halides is 3. The van der Waals surface area contributed by atoms with E-state index in [9.17, 15) is 22.8 Å². The van der Waals surface area contributed by atoms with Crippen LogP contribution in [0, 0.1) is 0 Å². The third-order valence-electron chi connectivity index (χ3n) is 4.58. The Hall–Kier alpha value is -2.32. The highest BCUT2D eigenvalue weighted by molar-refractivity contribution is 6.42. The van der Waals surface area contributed by atoms with Crippen LogP contribution in [0.15, 0.2) is 30.5 Å². The molecule has 1 amide bonds. The van der Waals surface area contributed by atoms with Crippen molar-refractivity contribution in [2.75, 3.05) is 6.61 Å². The summed E-state index contributed by atoms with van der Waals surface area (Å²) < 4.78 is 42.7.